The Balaban J connectivity index is 2.30. The molecular weight excluding hydrogens is 302 g/mol. The van der Waals surface area contributed by atoms with Crippen molar-refractivity contribution in [3.63, 3.8) is 0 Å². The molecule has 0 fully saturated rings. The monoisotopic (exact) mass is 323 g/mol. The summed E-state index contributed by atoms with van der Waals surface area (Å²) < 4.78 is 5.59. The number of benzene rings is 1. The standard InChI is InChI=1S/C19H21N3O2/c1-4-22(5-2)18(23)13-24-19-16(12-20)14(3)11-17(21-19)15-9-7-6-8-10-15/h6-11H,4-5,13H2,1-3H3. The summed E-state index contributed by atoms with van der Waals surface area (Å²) >= 11 is 0. The highest BCUT2D eigenvalue weighted by molar-refractivity contribution is 5.77. The van der Waals surface area contributed by atoms with E-state index in [1.54, 1.807) is 4.90 Å². The van der Waals surface area contributed by atoms with E-state index in [0.717, 1.165) is 16.8 Å². The molecule has 0 saturated carbocycles. The summed E-state index contributed by atoms with van der Waals surface area (Å²) in [4.78, 5) is 18.2. The second kappa shape index (κ2) is 8.11. The molecular formula is C19H21N3O2. The van der Waals surface area contributed by atoms with Crippen molar-refractivity contribution >= 4 is 5.91 Å². The first kappa shape index (κ1) is 17.5. The molecule has 0 N–H and O–H groups in total. The fourth-order valence-corrected chi connectivity index (χ4v) is 2.44. The Labute approximate surface area is 142 Å². The van der Waals surface area contributed by atoms with E-state index in [1.165, 1.54) is 0 Å². The van der Waals surface area contributed by atoms with Crippen LogP contribution in [0, 0.1) is 18.3 Å². The molecule has 1 aromatic heterocycles. The summed E-state index contributed by atoms with van der Waals surface area (Å²) in [6.45, 7) is 6.80. The van der Waals surface area contributed by atoms with Crippen molar-refractivity contribution in [1.29, 1.82) is 5.26 Å². The number of ether oxygens (including phenoxy) is 1. The normalized spacial score (nSPS) is 10.1. The minimum absolute atomic E-state index is 0.117. The van der Waals surface area contributed by atoms with Gasteiger partial charge in [0.15, 0.2) is 6.61 Å². The number of hydrogen-bond acceptors (Lipinski definition) is 4. The van der Waals surface area contributed by atoms with E-state index in [9.17, 15) is 10.1 Å². The molecule has 2 aromatic rings. The summed E-state index contributed by atoms with van der Waals surface area (Å²) in [5.41, 5.74) is 2.79. The third-order valence-electron chi connectivity index (χ3n) is 3.81. The minimum Gasteiger partial charge on any atom is -0.467 e. The smallest absolute Gasteiger partial charge is 0.260 e. The SMILES string of the molecule is CCN(CC)C(=O)COc1nc(-c2ccccc2)cc(C)c1C#N. The molecule has 5 heteroatoms. The summed E-state index contributed by atoms with van der Waals surface area (Å²) in [5.74, 6) is 0.0883. The second-order valence-electron chi connectivity index (χ2n) is 5.34. The van der Waals surface area contributed by atoms with Gasteiger partial charge >= 0.3 is 0 Å². The number of nitriles is 1. The Kier molecular flexibility index (Phi) is 5.91. The number of hydrogen-bond donors (Lipinski definition) is 0. The van der Waals surface area contributed by atoms with Crippen molar-refractivity contribution in [2.75, 3.05) is 19.7 Å². The quantitative estimate of drug-likeness (QED) is 0.819. The van der Waals surface area contributed by atoms with Crippen molar-refractivity contribution in [1.82, 2.24) is 9.88 Å². The molecule has 0 unspecified atom stereocenters. The predicted molar refractivity (Wildman–Crippen MR) is 92.5 cm³/mol. The van der Waals surface area contributed by atoms with Crippen molar-refractivity contribution in [3.05, 3.63) is 47.5 Å². The van der Waals surface area contributed by atoms with Crippen LogP contribution < -0.4 is 4.74 Å². The molecule has 0 atom stereocenters. The van der Waals surface area contributed by atoms with Crippen LogP contribution in [0.4, 0.5) is 0 Å². The summed E-state index contributed by atoms with van der Waals surface area (Å²) in [7, 11) is 0. The molecule has 0 aliphatic heterocycles. The minimum atomic E-state index is -0.124. The zero-order chi connectivity index (χ0) is 17.5. The highest BCUT2D eigenvalue weighted by Gasteiger charge is 2.16. The largest absolute Gasteiger partial charge is 0.467 e. The van der Waals surface area contributed by atoms with Crippen molar-refractivity contribution in [3.8, 4) is 23.2 Å². The summed E-state index contributed by atoms with van der Waals surface area (Å²) in [6.07, 6.45) is 0. The fraction of sp³-hybridized carbons (Fsp3) is 0.316. The summed E-state index contributed by atoms with van der Waals surface area (Å²) in [5, 5.41) is 9.36. The van der Waals surface area contributed by atoms with Gasteiger partial charge in [0.05, 0.1) is 5.69 Å². The van der Waals surface area contributed by atoms with Gasteiger partial charge < -0.3 is 9.64 Å². The van der Waals surface area contributed by atoms with Crippen LogP contribution in [0.1, 0.15) is 25.0 Å². The lowest BCUT2D eigenvalue weighted by atomic mass is 10.1. The van der Waals surface area contributed by atoms with Crippen molar-refractivity contribution in [2.24, 2.45) is 0 Å². The number of nitrogens with zero attached hydrogens (tertiary/aromatic N) is 3. The zero-order valence-corrected chi connectivity index (χ0v) is 14.2. The summed E-state index contributed by atoms with van der Waals surface area (Å²) in [6, 6.07) is 13.6. The van der Waals surface area contributed by atoms with Gasteiger partial charge in [-0.15, -0.1) is 0 Å². The molecule has 1 amide bonds. The van der Waals surface area contributed by atoms with Gasteiger partial charge in [0.2, 0.25) is 5.88 Å². The van der Waals surface area contributed by atoms with Gasteiger partial charge in [-0.25, -0.2) is 4.98 Å². The van der Waals surface area contributed by atoms with E-state index in [1.807, 2.05) is 57.2 Å². The van der Waals surface area contributed by atoms with Crippen molar-refractivity contribution < 1.29 is 9.53 Å². The molecule has 0 aliphatic rings. The van der Waals surface area contributed by atoms with Gasteiger partial charge in [-0.1, -0.05) is 30.3 Å². The van der Waals surface area contributed by atoms with E-state index >= 15 is 0 Å². The zero-order valence-electron chi connectivity index (χ0n) is 14.2. The van der Waals surface area contributed by atoms with Crippen LogP contribution in [0.25, 0.3) is 11.3 Å². The average Bonchev–Trinajstić information content (AvgIpc) is 2.61. The van der Waals surface area contributed by atoms with Gasteiger partial charge in [0.1, 0.15) is 11.6 Å². The molecule has 0 bridgehead atoms. The third-order valence-corrected chi connectivity index (χ3v) is 3.81. The number of amides is 1. The van der Waals surface area contributed by atoms with Crippen LogP contribution in [0.5, 0.6) is 5.88 Å². The van der Waals surface area contributed by atoms with Crippen LogP contribution in [0.2, 0.25) is 0 Å². The fourth-order valence-electron chi connectivity index (χ4n) is 2.44. The van der Waals surface area contributed by atoms with Crippen LogP contribution in [-0.4, -0.2) is 35.5 Å². The lowest BCUT2D eigenvalue weighted by molar-refractivity contribution is -0.133. The predicted octanol–water partition coefficient (Wildman–Crippen LogP) is 3.18. The Bertz CT molecular complexity index is 747. The highest BCUT2D eigenvalue weighted by Crippen LogP contribution is 2.26. The molecule has 0 saturated heterocycles. The van der Waals surface area contributed by atoms with Crippen LogP contribution in [0.15, 0.2) is 36.4 Å². The highest BCUT2D eigenvalue weighted by atomic mass is 16.5. The van der Waals surface area contributed by atoms with Crippen molar-refractivity contribution in [2.45, 2.75) is 20.8 Å². The maximum Gasteiger partial charge on any atom is 0.260 e. The topological polar surface area (TPSA) is 66.2 Å². The lowest BCUT2D eigenvalue weighted by Crippen LogP contribution is -2.34. The number of aryl methyl sites for hydroxylation is 1. The number of carbonyl (C=O) groups excluding carboxylic acids is 1. The van der Waals surface area contributed by atoms with Gasteiger partial charge in [-0.2, -0.15) is 5.26 Å². The van der Waals surface area contributed by atoms with E-state index in [0.29, 0.717) is 18.7 Å². The molecule has 1 heterocycles. The first-order valence-corrected chi connectivity index (χ1v) is 7.98. The van der Waals surface area contributed by atoms with Crippen LogP contribution >= 0.6 is 0 Å². The van der Waals surface area contributed by atoms with Crippen LogP contribution in [-0.2, 0) is 4.79 Å². The molecule has 0 aliphatic carbocycles. The molecule has 1 aromatic carbocycles. The van der Waals surface area contributed by atoms with E-state index < -0.39 is 0 Å². The van der Waals surface area contributed by atoms with E-state index in [-0.39, 0.29) is 18.4 Å². The molecule has 0 spiro atoms. The average molecular weight is 323 g/mol. The van der Waals surface area contributed by atoms with Gasteiger partial charge in [-0.3, -0.25) is 4.79 Å². The molecule has 0 radical (unpaired) electrons. The van der Waals surface area contributed by atoms with Gasteiger partial charge in [-0.05, 0) is 32.4 Å². The molecule has 124 valence electrons. The Hall–Kier alpha value is -2.87. The first-order valence-electron chi connectivity index (χ1n) is 7.98. The Morgan fingerprint density at radius 1 is 1.25 bits per heavy atom. The number of carbonyl (C=O) groups is 1. The third kappa shape index (κ3) is 3.90. The van der Waals surface area contributed by atoms with Gasteiger partial charge in [0.25, 0.3) is 5.91 Å². The Morgan fingerprint density at radius 3 is 2.50 bits per heavy atom. The molecule has 2 rings (SSSR count). The number of pyridine rings is 1. The number of rotatable bonds is 6. The maximum absolute atomic E-state index is 12.1. The number of likely N-dealkylation sites (N-methyl/N-ethyl adjacent to an activating group) is 1. The van der Waals surface area contributed by atoms with Crippen LogP contribution in [0.3, 0.4) is 0 Å². The van der Waals surface area contributed by atoms with E-state index in [2.05, 4.69) is 11.1 Å². The first-order chi connectivity index (χ1) is 11.6. The van der Waals surface area contributed by atoms with E-state index in [4.69, 9.17) is 4.74 Å². The molecule has 24 heavy (non-hydrogen) atoms. The Morgan fingerprint density at radius 2 is 1.92 bits per heavy atom. The molecule has 5 nitrogen and oxygen atoms in total. The lowest BCUT2D eigenvalue weighted by Gasteiger charge is -2.19. The number of aromatic nitrogens is 1. The second-order valence-corrected chi connectivity index (χ2v) is 5.34. The maximum atomic E-state index is 12.1. The van der Waals surface area contributed by atoms with Gasteiger partial charge in [0, 0.05) is 18.7 Å².